The fourth-order valence-corrected chi connectivity index (χ4v) is 3.73. The van der Waals surface area contributed by atoms with E-state index in [1.165, 1.54) is 0 Å². The summed E-state index contributed by atoms with van der Waals surface area (Å²) in [4.78, 5) is 38.6. The number of nitrogens with zero attached hydrogens (tertiary/aromatic N) is 1. The van der Waals surface area contributed by atoms with E-state index in [2.05, 4.69) is 5.32 Å². The van der Waals surface area contributed by atoms with Crippen LogP contribution in [-0.2, 0) is 19.1 Å². The number of carbonyl (C=O) groups is 3. The van der Waals surface area contributed by atoms with Crippen LogP contribution < -0.4 is 15.0 Å². The van der Waals surface area contributed by atoms with Crippen LogP contribution >= 0.6 is 0 Å². The van der Waals surface area contributed by atoms with Crippen molar-refractivity contribution in [3.05, 3.63) is 83.9 Å². The molecule has 0 spiro atoms. The van der Waals surface area contributed by atoms with E-state index < -0.39 is 24.4 Å². The van der Waals surface area contributed by atoms with Gasteiger partial charge in [0, 0.05) is 24.3 Å². The Labute approximate surface area is 198 Å². The molecule has 7 heteroatoms. The first-order chi connectivity index (χ1) is 16.4. The molecular formula is C27H26N2O5. The van der Waals surface area contributed by atoms with Crippen LogP contribution in [0.5, 0.6) is 11.5 Å². The molecule has 0 unspecified atom stereocenters. The SMILES string of the molecule is Cc1ccc(Oc2ccc(N3C[C@H](C(=O)OCC(=O)Nc4cccc(C)c4)CC3=O)cc2)cc1. The Morgan fingerprint density at radius 3 is 2.29 bits per heavy atom. The number of rotatable bonds is 7. The Morgan fingerprint density at radius 2 is 1.62 bits per heavy atom. The topological polar surface area (TPSA) is 84.9 Å². The van der Waals surface area contributed by atoms with Gasteiger partial charge in [0.25, 0.3) is 5.91 Å². The number of hydrogen-bond acceptors (Lipinski definition) is 5. The van der Waals surface area contributed by atoms with Gasteiger partial charge in [0.2, 0.25) is 5.91 Å². The molecule has 1 saturated heterocycles. The van der Waals surface area contributed by atoms with E-state index in [0.717, 1.165) is 16.9 Å². The van der Waals surface area contributed by atoms with Crippen molar-refractivity contribution in [3.63, 3.8) is 0 Å². The summed E-state index contributed by atoms with van der Waals surface area (Å²) in [7, 11) is 0. The number of benzene rings is 3. The second-order valence-electron chi connectivity index (χ2n) is 8.34. The van der Waals surface area contributed by atoms with Crippen LogP contribution in [0.2, 0.25) is 0 Å². The average molecular weight is 459 g/mol. The smallest absolute Gasteiger partial charge is 0.311 e. The predicted octanol–water partition coefficient (Wildman–Crippen LogP) is 4.63. The lowest BCUT2D eigenvalue weighted by Crippen LogP contribution is -2.28. The van der Waals surface area contributed by atoms with Crippen molar-refractivity contribution in [2.24, 2.45) is 5.92 Å². The van der Waals surface area contributed by atoms with Crippen LogP contribution in [0, 0.1) is 19.8 Å². The summed E-state index contributed by atoms with van der Waals surface area (Å²) in [6.07, 6.45) is 0.0416. The maximum atomic E-state index is 12.5. The third kappa shape index (κ3) is 5.81. The van der Waals surface area contributed by atoms with Crippen molar-refractivity contribution in [1.82, 2.24) is 0 Å². The molecule has 174 valence electrons. The highest BCUT2D eigenvalue weighted by Gasteiger charge is 2.36. The van der Waals surface area contributed by atoms with Crippen molar-refractivity contribution in [2.75, 3.05) is 23.4 Å². The van der Waals surface area contributed by atoms with E-state index in [-0.39, 0.29) is 18.9 Å². The molecule has 34 heavy (non-hydrogen) atoms. The molecule has 0 aromatic heterocycles. The minimum absolute atomic E-state index is 0.0416. The van der Waals surface area contributed by atoms with Crippen molar-refractivity contribution in [1.29, 1.82) is 0 Å². The minimum Gasteiger partial charge on any atom is -0.457 e. The van der Waals surface area contributed by atoms with Gasteiger partial charge in [0.1, 0.15) is 11.5 Å². The second kappa shape index (κ2) is 10.2. The number of esters is 1. The van der Waals surface area contributed by atoms with E-state index >= 15 is 0 Å². The molecule has 1 aliphatic heterocycles. The van der Waals surface area contributed by atoms with Gasteiger partial charge in [-0.3, -0.25) is 14.4 Å². The summed E-state index contributed by atoms with van der Waals surface area (Å²) in [6, 6.07) is 22.2. The third-order valence-electron chi connectivity index (χ3n) is 5.51. The summed E-state index contributed by atoms with van der Waals surface area (Å²) in [5, 5.41) is 2.69. The summed E-state index contributed by atoms with van der Waals surface area (Å²) in [5.41, 5.74) is 3.47. The number of amides is 2. The zero-order valence-corrected chi connectivity index (χ0v) is 19.1. The van der Waals surface area contributed by atoms with E-state index in [0.29, 0.717) is 17.1 Å². The van der Waals surface area contributed by atoms with Crippen LogP contribution in [0.1, 0.15) is 17.5 Å². The lowest BCUT2D eigenvalue weighted by Gasteiger charge is -2.17. The highest BCUT2D eigenvalue weighted by molar-refractivity contribution is 6.00. The summed E-state index contributed by atoms with van der Waals surface area (Å²) in [6.45, 7) is 3.73. The van der Waals surface area contributed by atoms with Crippen molar-refractivity contribution < 1.29 is 23.9 Å². The molecule has 0 aliphatic carbocycles. The molecule has 3 aromatic rings. The zero-order chi connectivity index (χ0) is 24.1. The molecule has 1 heterocycles. The van der Waals surface area contributed by atoms with Crippen molar-refractivity contribution >= 4 is 29.2 Å². The minimum atomic E-state index is -0.622. The molecule has 1 N–H and O–H groups in total. The lowest BCUT2D eigenvalue weighted by atomic mass is 10.1. The quantitative estimate of drug-likeness (QED) is 0.522. The van der Waals surface area contributed by atoms with Crippen molar-refractivity contribution in [3.8, 4) is 11.5 Å². The molecule has 0 radical (unpaired) electrons. The lowest BCUT2D eigenvalue weighted by molar-refractivity contribution is -0.151. The van der Waals surface area contributed by atoms with E-state index in [1.807, 2.05) is 56.3 Å². The largest absolute Gasteiger partial charge is 0.457 e. The fraction of sp³-hybridized carbons (Fsp3) is 0.222. The van der Waals surface area contributed by atoms with Gasteiger partial charge in [-0.05, 0) is 67.9 Å². The fourth-order valence-electron chi connectivity index (χ4n) is 3.73. The summed E-state index contributed by atoms with van der Waals surface area (Å²) >= 11 is 0. The standard InChI is InChI=1S/C27H26N2O5/c1-18-6-10-23(11-7-18)34-24-12-8-22(9-13-24)29-16-20(15-26(29)31)27(32)33-17-25(30)28-21-5-3-4-19(2)14-21/h3-14,20H,15-17H2,1-2H3,(H,28,30)/t20-/m1/s1. The van der Waals surface area contributed by atoms with E-state index in [9.17, 15) is 14.4 Å². The molecule has 0 bridgehead atoms. The van der Waals surface area contributed by atoms with Crippen LogP contribution in [0.15, 0.2) is 72.8 Å². The van der Waals surface area contributed by atoms with Crippen LogP contribution in [0.25, 0.3) is 0 Å². The average Bonchev–Trinajstić information content (AvgIpc) is 3.21. The van der Waals surface area contributed by atoms with Gasteiger partial charge >= 0.3 is 5.97 Å². The van der Waals surface area contributed by atoms with Crippen LogP contribution in [0.3, 0.4) is 0 Å². The molecule has 4 rings (SSSR count). The first-order valence-electron chi connectivity index (χ1n) is 11.1. The van der Waals surface area contributed by atoms with Gasteiger partial charge < -0.3 is 19.7 Å². The predicted molar refractivity (Wildman–Crippen MR) is 129 cm³/mol. The van der Waals surface area contributed by atoms with Crippen LogP contribution in [-0.4, -0.2) is 30.9 Å². The van der Waals surface area contributed by atoms with Crippen molar-refractivity contribution in [2.45, 2.75) is 20.3 Å². The van der Waals surface area contributed by atoms with Gasteiger partial charge in [0.15, 0.2) is 6.61 Å². The Morgan fingerprint density at radius 1 is 0.941 bits per heavy atom. The first kappa shape index (κ1) is 23.0. The molecular weight excluding hydrogens is 432 g/mol. The number of carbonyl (C=O) groups excluding carboxylic acids is 3. The highest BCUT2D eigenvalue weighted by atomic mass is 16.5. The Kier molecular flexibility index (Phi) is 6.92. The summed E-state index contributed by atoms with van der Waals surface area (Å²) < 4.78 is 11.0. The molecule has 1 fully saturated rings. The van der Waals surface area contributed by atoms with Gasteiger partial charge in [0.05, 0.1) is 5.92 Å². The number of ether oxygens (including phenoxy) is 2. The third-order valence-corrected chi connectivity index (χ3v) is 5.51. The number of nitrogens with one attached hydrogen (secondary N) is 1. The monoisotopic (exact) mass is 458 g/mol. The Hall–Kier alpha value is -4.13. The number of hydrogen-bond donors (Lipinski definition) is 1. The van der Waals surface area contributed by atoms with Gasteiger partial charge in [-0.25, -0.2) is 0 Å². The maximum Gasteiger partial charge on any atom is 0.311 e. The molecule has 1 atom stereocenters. The van der Waals surface area contributed by atoms with E-state index in [4.69, 9.17) is 9.47 Å². The molecule has 2 amide bonds. The highest BCUT2D eigenvalue weighted by Crippen LogP contribution is 2.29. The molecule has 3 aromatic carbocycles. The summed E-state index contributed by atoms with van der Waals surface area (Å²) in [5.74, 6) is -0.403. The number of anilines is 2. The Bertz CT molecular complexity index is 1190. The van der Waals surface area contributed by atoms with Crippen LogP contribution in [0.4, 0.5) is 11.4 Å². The number of aryl methyl sites for hydroxylation is 2. The Balaban J connectivity index is 1.29. The second-order valence-corrected chi connectivity index (χ2v) is 8.34. The molecule has 7 nitrogen and oxygen atoms in total. The van der Waals surface area contributed by atoms with Gasteiger partial charge in [-0.15, -0.1) is 0 Å². The first-order valence-corrected chi connectivity index (χ1v) is 11.1. The molecule has 1 aliphatic rings. The zero-order valence-electron chi connectivity index (χ0n) is 19.1. The van der Waals surface area contributed by atoms with Gasteiger partial charge in [-0.2, -0.15) is 0 Å². The normalized spacial score (nSPS) is 15.2. The van der Waals surface area contributed by atoms with E-state index in [1.54, 1.807) is 35.2 Å². The maximum absolute atomic E-state index is 12.5. The van der Waals surface area contributed by atoms with Gasteiger partial charge in [-0.1, -0.05) is 29.8 Å². The molecule has 0 saturated carbocycles.